The van der Waals surface area contributed by atoms with Gasteiger partial charge >= 0.3 is 0 Å². The highest BCUT2D eigenvalue weighted by atomic mass is 16.5. The zero-order chi connectivity index (χ0) is 17.4. The molecule has 4 rings (SSSR count). The summed E-state index contributed by atoms with van der Waals surface area (Å²) in [4.78, 5) is 4.42. The first-order valence-electron chi connectivity index (χ1n) is 7.84. The fourth-order valence-electron chi connectivity index (χ4n) is 3.10. The number of para-hydroxylation sites is 1. The van der Waals surface area contributed by atoms with Crippen molar-refractivity contribution in [2.24, 2.45) is 5.73 Å². The Balaban J connectivity index is 1.97. The molecule has 1 aromatic carbocycles. The number of aryl methyl sites for hydroxylation is 1. The molecule has 25 heavy (non-hydrogen) atoms. The number of pyridine rings is 1. The minimum Gasteiger partial charge on any atom is -0.422 e. The first kappa shape index (κ1) is 15.0. The van der Waals surface area contributed by atoms with Gasteiger partial charge in [0.25, 0.3) is 0 Å². The van der Waals surface area contributed by atoms with Crippen molar-refractivity contribution in [1.82, 2.24) is 14.8 Å². The Morgan fingerprint density at radius 3 is 2.60 bits per heavy atom. The van der Waals surface area contributed by atoms with Crippen molar-refractivity contribution in [2.45, 2.75) is 12.8 Å². The van der Waals surface area contributed by atoms with Crippen LogP contribution in [0.3, 0.4) is 0 Å². The lowest BCUT2D eigenvalue weighted by Gasteiger charge is -2.24. The molecule has 0 saturated heterocycles. The molecule has 3 aromatic rings. The summed E-state index contributed by atoms with van der Waals surface area (Å²) in [5.41, 5.74) is 9.59. The van der Waals surface area contributed by atoms with Crippen LogP contribution in [0.2, 0.25) is 0 Å². The Labute approximate surface area is 144 Å². The maximum atomic E-state index is 9.61. The topological polar surface area (TPSA) is 89.8 Å². The third-order valence-electron chi connectivity index (χ3n) is 4.22. The van der Waals surface area contributed by atoms with Crippen molar-refractivity contribution < 1.29 is 4.74 Å². The number of allylic oxidation sites excluding steroid dienone is 1. The third kappa shape index (κ3) is 2.34. The van der Waals surface area contributed by atoms with Gasteiger partial charge < -0.3 is 10.5 Å². The average molecular weight is 329 g/mol. The van der Waals surface area contributed by atoms with Crippen molar-refractivity contribution in [3.63, 3.8) is 0 Å². The first-order chi connectivity index (χ1) is 12.2. The van der Waals surface area contributed by atoms with Crippen LogP contribution in [-0.4, -0.2) is 14.8 Å². The van der Waals surface area contributed by atoms with Crippen molar-refractivity contribution in [3.05, 3.63) is 83.1 Å². The summed E-state index contributed by atoms with van der Waals surface area (Å²) >= 11 is 0. The lowest BCUT2D eigenvalue weighted by Crippen LogP contribution is -2.22. The van der Waals surface area contributed by atoms with E-state index in [-0.39, 0.29) is 5.88 Å². The Hall–Kier alpha value is -3.59. The normalized spacial score (nSPS) is 16.1. The third-order valence-corrected chi connectivity index (χ3v) is 4.22. The van der Waals surface area contributed by atoms with Gasteiger partial charge in [0, 0.05) is 6.20 Å². The number of nitrogens with two attached hydrogens (primary N) is 1. The number of hydrogen-bond donors (Lipinski definition) is 1. The van der Waals surface area contributed by atoms with E-state index in [2.05, 4.69) is 16.2 Å². The van der Waals surface area contributed by atoms with Crippen LogP contribution in [-0.2, 0) is 0 Å². The molecule has 0 bridgehead atoms. The van der Waals surface area contributed by atoms with Crippen LogP contribution in [0.5, 0.6) is 5.88 Å². The molecular weight excluding hydrogens is 314 g/mol. The molecule has 3 heterocycles. The van der Waals surface area contributed by atoms with Gasteiger partial charge in [0.05, 0.1) is 28.6 Å². The van der Waals surface area contributed by atoms with E-state index in [9.17, 15) is 5.26 Å². The van der Waals surface area contributed by atoms with Gasteiger partial charge in [0.1, 0.15) is 11.6 Å². The molecule has 2 N–H and O–H groups in total. The van der Waals surface area contributed by atoms with E-state index in [0.29, 0.717) is 11.5 Å². The maximum Gasteiger partial charge on any atom is 0.229 e. The van der Waals surface area contributed by atoms with Crippen LogP contribution >= 0.6 is 0 Å². The average Bonchev–Trinajstić information content (AvgIpc) is 2.98. The minimum absolute atomic E-state index is 0.0859. The van der Waals surface area contributed by atoms with Gasteiger partial charge in [-0.05, 0) is 31.2 Å². The molecule has 0 unspecified atom stereocenters. The summed E-state index contributed by atoms with van der Waals surface area (Å²) in [6.07, 6.45) is 1.70. The van der Waals surface area contributed by atoms with E-state index in [4.69, 9.17) is 10.5 Å². The van der Waals surface area contributed by atoms with Crippen LogP contribution < -0.4 is 10.5 Å². The number of hydrogen-bond acceptors (Lipinski definition) is 5. The summed E-state index contributed by atoms with van der Waals surface area (Å²) in [6, 6.07) is 17.4. The summed E-state index contributed by atoms with van der Waals surface area (Å²) in [6.45, 7) is 1.90. The van der Waals surface area contributed by atoms with Crippen molar-refractivity contribution >= 4 is 0 Å². The molecule has 0 amide bonds. The predicted molar refractivity (Wildman–Crippen MR) is 91.8 cm³/mol. The van der Waals surface area contributed by atoms with E-state index in [1.165, 1.54) is 0 Å². The van der Waals surface area contributed by atoms with Crippen molar-refractivity contribution in [3.8, 4) is 17.6 Å². The van der Waals surface area contributed by atoms with E-state index >= 15 is 0 Å². The number of nitrogens with zero attached hydrogens (tertiary/aromatic N) is 4. The number of nitriles is 1. The number of aromatic nitrogens is 3. The molecule has 1 aliphatic rings. The number of benzene rings is 1. The highest BCUT2D eigenvalue weighted by Gasteiger charge is 2.36. The fourth-order valence-corrected chi connectivity index (χ4v) is 3.10. The van der Waals surface area contributed by atoms with Gasteiger partial charge in [-0.2, -0.15) is 10.4 Å². The minimum atomic E-state index is -0.396. The molecule has 6 nitrogen and oxygen atoms in total. The standard InChI is InChI=1S/C19H15N5O/c1-12-16-17(15-9-5-6-10-22-15)14(11-20)18(21)25-19(16)24(23-12)13-7-3-2-4-8-13/h2-10,17H,21H2,1H3/t17-/m0/s1. The highest BCUT2D eigenvalue weighted by molar-refractivity contribution is 5.55. The second kappa shape index (κ2) is 5.80. The largest absolute Gasteiger partial charge is 0.422 e. The van der Waals surface area contributed by atoms with Gasteiger partial charge in [0.2, 0.25) is 11.8 Å². The second-order valence-electron chi connectivity index (χ2n) is 5.73. The highest BCUT2D eigenvalue weighted by Crippen LogP contribution is 2.43. The van der Waals surface area contributed by atoms with Gasteiger partial charge in [-0.25, -0.2) is 4.68 Å². The molecule has 0 fully saturated rings. The first-order valence-corrected chi connectivity index (χ1v) is 7.84. The lowest BCUT2D eigenvalue weighted by atomic mass is 9.87. The Morgan fingerprint density at radius 2 is 1.92 bits per heavy atom. The molecule has 6 heteroatoms. The summed E-state index contributed by atoms with van der Waals surface area (Å²) in [5, 5.41) is 14.2. The molecule has 122 valence electrons. The molecule has 0 spiro atoms. The molecule has 2 aromatic heterocycles. The summed E-state index contributed by atoms with van der Waals surface area (Å²) in [7, 11) is 0. The zero-order valence-corrected chi connectivity index (χ0v) is 13.5. The van der Waals surface area contributed by atoms with Crippen LogP contribution in [0.15, 0.2) is 66.2 Å². The number of ether oxygens (including phenoxy) is 1. The van der Waals surface area contributed by atoms with Crippen molar-refractivity contribution in [1.29, 1.82) is 5.26 Å². The molecule has 1 aliphatic heterocycles. The van der Waals surface area contributed by atoms with Gasteiger partial charge in [-0.3, -0.25) is 4.98 Å². The second-order valence-corrected chi connectivity index (χ2v) is 5.73. The van der Waals surface area contributed by atoms with Gasteiger partial charge in [-0.1, -0.05) is 24.3 Å². The molecular formula is C19H15N5O. The zero-order valence-electron chi connectivity index (χ0n) is 13.5. The monoisotopic (exact) mass is 329 g/mol. The fraction of sp³-hybridized carbons (Fsp3) is 0.105. The number of fused-ring (bicyclic) bond motifs is 1. The smallest absolute Gasteiger partial charge is 0.229 e. The quantitative estimate of drug-likeness (QED) is 0.781. The predicted octanol–water partition coefficient (Wildman–Crippen LogP) is 2.79. The van der Waals surface area contributed by atoms with Crippen LogP contribution in [0, 0.1) is 18.3 Å². The van der Waals surface area contributed by atoms with E-state index in [0.717, 1.165) is 22.6 Å². The van der Waals surface area contributed by atoms with Crippen LogP contribution in [0.25, 0.3) is 5.69 Å². The van der Waals surface area contributed by atoms with Crippen molar-refractivity contribution in [2.75, 3.05) is 0 Å². The van der Waals surface area contributed by atoms with Gasteiger partial charge in [-0.15, -0.1) is 0 Å². The van der Waals surface area contributed by atoms with Gasteiger partial charge in [0.15, 0.2) is 0 Å². The lowest BCUT2D eigenvalue weighted by molar-refractivity contribution is 0.366. The SMILES string of the molecule is Cc1nn(-c2ccccc2)c2c1[C@H](c1ccccn1)C(C#N)=C(N)O2. The molecule has 1 atom stereocenters. The number of rotatable bonds is 2. The summed E-state index contributed by atoms with van der Waals surface area (Å²) in [5.74, 6) is 0.214. The summed E-state index contributed by atoms with van der Waals surface area (Å²) < 4.78 is 7.51. The molecule has 0 saturated carbocycles. The van der Waals surface area contributed by atoms with E-state index < -0.39 is 5.92 Å². The molecule has 0 radical (unpaired) electrons. The van der Waals surface area contributed by atoms with Crippen LogP contribution in [0.1, 0.15) is 22.9 Å². The van der Waals surface area contributed by atoms with E-state index in [1.807, 2.05) is 55.5 Å². The maximum absolute atomic E-state index is 9.61. The molecule has 0 aliphatic carbocycles. The Kier molecular flexibility index (Phi) is 3.47. The Bertz CT molecular complexity index is 1000. The van der Waals surface area contributed by atoms with E-state index in [1.54, 1.807) is 10.9 Å². The van der Waals surface area contributed by atoms with Crippen LogP contribution in [0.4, 0.5) is 0 Å². The Morgan fingerprint density at radius 1 is 1.16 bits per heavy atom.